The average Bonchev–Trinajstić information content (AvgIpc) is 3.06. The van der Waals surface area contributed by atoms with Crippen molar-refractivity contribution in [3.05, 3.63) is 53.0 Å². The van der Waals surface area contributed by atoms with Crippen molar-refractivity contribution in [2.75, 3.05) is 12.3 Å². The Hall–Kier alpha value is -2.44. The molecule has 3 rings (SSSR count). The smallest absolute Gasteiger partial charge is 0.151 e. The Morgan fingerprint density at radius 2 is 1.93 bits per heavy atom. The molecule has 0 spiro atoms. The molecule has 3 N–H and O–H groups in total. The van der Waals surface area contributed by atoms with Gasteiger partial charge in [-0.2, -0.15) is 5.48 Å². The van der Waals surface area contributed by atoms with E-state index in [4.69, 9.17) is 15.6 Å². The van der Waals surface area contributed by atoms with Crippen LogP contribution in [0.3, 0.4) is 0 Å². The molecular weight excluding hydrogens is 350 g/mol. The normalized spacial score (nSPS) is 12.6. The van der Waals surface area contributed by atoms with Crippen LogP contribution in [0.4, 0.5) is 5.82 Å². The molecule has 1 unspecified atom stereocenters. The molecule has 6 nitrogen and oxygen atoms in total. The summed E-state index contributed by atoms with van der Waals surface area (Å²) in [5, 5.41) is 0. The monoisotopic (exact) mass is 381 g/mol. The minimum atomic E-state index is 0.154. The zero-order chi connectivity index (χ0) is 20.1. The first-order valence-electron chi connectivity index (χ1n) is 10.1. The van der Waals surface area contributed by atoms with E-state index in [1.54, 1.807) is 0 Å². The predicted octanol–water partition coefficient (Wildman–Crippen LogP) is 4.26. The summed E-state index contributed by atoms with van der Waals surface area (Å²) in [6, 6.07) is 10.4. The van der Waals surface area contributed by atoms with Gasteiger partial charge in [0.1, 0.15) is 11.3 Å². The zero-order valence-corrected chi connectivity index (χ0v) is 17.3. The van der Waals surface area contributed by atoms with Gasteiger partial charge in [-0.1, -0.05) is 37.3 Å². The van der Waals surface area contributed by atoms with E-state index >= 15 is 0 Å². The Balaban J connectivity index is 1.66. The van der Waals surface area contributed by atoms with Crippen molar-refractivity contribution in [1.82, 2.24) is 20.0 Å². The summed E-state index contributed by atoms with van der Waals surface area (Å²) >= 11 is 0. The number of nitrogens with zero attached hydrogens (tertiary/aromatic N) is 3. The molecule has 0 bridgehead atoms. The third-order valence-corrected chi connectivity index (χ3v) is 5.14. The first-order chi connectivity index (χ1) is 13.5. The maximum absolute atomic E-state index is 6.15. The maximum Gasteiger partial charge on any atom is 0.151 e. The Bertz CT molecular complexity index is 920. The molecule has 0 aliphatic carbocycles. The van der Waals surface area contributed by atoms with Crippen LogP contribution in [-0.4, -0.2) is 21.1 Å². The highest BCUT2D eigenvalue weighted by Gasteiger charge is 2.17. The number of pyridine rings is 1. The number of hydrogen-bond donors (Lipinski definition) is 2. The minimum Gasteiger partial charge on any atom is -0.382 e. The fraction of sp³-hybridized carbons (Fsp3) is 0.455. The second kappa shape index (κ2) is 9.17. The number of hydrogen-bond acceptors (Lipinski definition) is 5. The SMILES string of the molecule is CCCc1nc2c(N)nc(C)c(C)c2n1CCCONC(C)c1ccccc1. The van der Waals surface area contributed by atoms with Gasteiger partial charge in [0.2, 0.25) is 0 Å². The second-order valence-corrected chi connectivity index (χ2v) is 7.29. The number of hydroxylamine groups is 1. The van der Waals surface area contributed by atoms with Crippen LogP contribution in [-0.2, 0) is 17.8 Å². The molecule has 0 aliphatic rings. The number of benzene rings is 1. The molecule has 0 radical (unpaired) electrons. The lowest BCUT2D eigenvalue weighted by atomic mass is 10.1. The van der Waals surface area contributed by atoms with Crippen LogP contribution >= 0.6 is 0 Å². The fourth-order valence-corrected chi connectivity index (χ4v) is 3.49. The van der Waals surface area contributed by atoms with Crippen LogP contribution in [0.25, 0.3) is 11.0 Å². The summed E-state index contributed by atoms with van der Waals surface area (Å²) in [7, 11) is 0. The van der Waals surface area contributed by atoms with Gasteiger partial charge >= 0.3 is 0 Å². The van der Waals surface area contributed by atoms with E-state index in [9.17, 15) is 0 Å². The third kappa shape index (κ3) is 4.34. The minimum absolute atomic E-state index is 0.154. The van der Waals surface area contributed by atoms with E-state index in [0.29, 0.717) is 12.4 Å². The van der Waals surface area contributed by atoms with Crippen LogP contribution in [0.5, 0.6) is 0 Å². The van der Waals surface area contributed by atoms with E-state index in [1.165, 1.54) is 5.56 Å². The molecule has 3 aromatic rings. The van der Waals surface area contributed by atoms with E-state index < -0.39 is 0 Å². The Labute approximate surface area is 167 Å². The van der Waals surface area contributed by atoms with Gasteiger partial charge in [0.15, 0.2) is 5.82 Å². The van der Waals surface area contributed by atoms with Crippen molar-refractivity contribution >= 4 is 16.9 Å². The lowest BCUT2D eigenvalue weighted by molar-refractivity contribution is 0.0167. The maximum atomic E-state index is 6.15. The van der Waals surface area contributed by atoms with Crippen molar-refractivity contribution in [3.8, 4) is 0 Å². The molecule has 1 aromatic carbocycles. The average molecular weight is 382 g/mol. The molecular formula is C22H31N5O. The van der Waals surface area contributed by atoms with Crippen LogP contribution < -0.4 is 11.2 Å². The highest BCUT2D eigenvalue weighted by atomic mass is 16.6. The molecule has 0 aliphatic heterocycles. The Kier molecular flexibility index (Phi) is 6.65. The number of nitrogens with two attached hydrogens (primary N) is 1. The number of aryl methyl sites for hydroxylation is 4. The molecule has 28 heavy (non-hydrogen) atoms. The van der Waals surface area contributed by atoms with E-state index in [2.05, 4.69) is 47.9 Å². The number of aromatic nitrogens is 3. The summed E-state index contributed by atoms with van der Waals surface area (Å²) in [6.07, 6.45) is 2.86. The molecule has 0 saturated heterocycles. The highest BCUT2D eigenvalue weighted by Crippen LogP contribution is 2.26. The predicted molar refractivity (Wildman–Crippen MR) is 114 cm³/mol. The van der Waals surface area contributed by atoms with Crippen molar-refractivity contribution < 1.29 is 4.84 Å². The summed E-state index contributed by atoms with van der Waals surface area (Å²) < 4.78 is 2.29. The van der Waals surface area contributed by atoms with Crippen LogP contribution in [0.2, 0.25) is 0 Å². The van der Waals surface area contributed by atoms with Gasteiger partial charge in [-0.3, -0.25) is 0 Å². The van der Waals surface area contributed by atoms with Gasteiger partial charge < -0.3 is 15.1 Å². The van der Waals surface area contributed by atoms with Crippen molar-refractivity contribution in [3.63, 3.8) is 0 Å². The van der Waals surface area contributed by atoms with E-state index in [1.807, 2.05) is 25.1 Å². The summed E-state index contributed by atoms with van der Waals surface area (Å²) in [5.74, 6) is 1.59. The van der Waals surface area contributed by atoms with Crippen molar-refractivity contribution in [1.29, 1.82) is 0 Å². The number of fused-ring (bicyclic) bond motifs is 1. The van der Waals surface area contributed by atoms with Gasteiger partial charge in [-0.15, -0.1) is 0 Å². The Morgan fingerprint density at radius 1 is 1.18 bits per heavy atom. The zero-order valence-electron chi connectivity index (χ0n) is 17.3. The van der Waals surface area contributed by atoms with E-state index in [0.717, 1.165) is 53.9 Å². The first kappa shape index (κ1) is 20.3. The fourth-order valence-electron chi connectivity index (χ4n) is 3.49. The first-order valence-corrected chi connectivity index (χ1v) is 10.1. The van der Waals surface area contributed by atoms with Gasteiger partial charge in [-0.25, -0.2) is 9.97 Å². The van der Waals surface area contributed by atoms with Crippen LogP contribution in [0, 0.1) is 13.8 Å². The molecule has 2 heterocycles. The summed E-state index contributed by atoms with van der Waals surface area (Å²) in [6.45, 7) is 9.83. The van der Waals surface area contributed by atoms with Crippen LogP contribution in [0.1, 0.15) is 55.4 Å². The van der Waals surface area contributed by atoms with Gasteiger partial charge in [0.25, 0.3) is 0 Å². The molecule has 150 valence electrons. The number of nitrogens with one attached hydrogen (secondary N) is 1. The van der Waals surface area contributed by atoms with Crippen molar-refractivity contribution in [2.24, 2.45) is 0 Å². The molecule has 0 fully saturated rings. The Morgan fingerprint density at radius 3 is 2.64 bits per heavy atom. The van der Waals surface area contributed by atoms with Gasteiger partial charge in [0.05, 0.1) is 18.2 Å². The lowest BCUT2D eigenvalue weighted by Crippen LogP contribution is -2.20. The van der Waals surface area contributed by atoms with Crippen molar-refractivity contribution in [2.45, 2.75) is 59.5 Å². The van der Waals surface area contributed by atoms with Gasteiger partial charge in [-0.05, 0) is 44.7 Å². The summed E-state index contributed by atoms with van der Waals surface area (Å²) in [5.41, 5.74) is 14.5. The molecule has 0 amide bonds. The third-order valence-electron chi connectivity index (χ3n) is 5.14. The van der Waals surface area contributed by atoms with Gasteiger partial charge in [0, 0.05) is 18.7 Å². The summed E-state index contributed by atoms with van der Waals surface area (Å²) in [4.78, 5) is 14.9. The number of imidazole rings is 1. The molecule has 0 saturated carbocycles. The largest absolute Gasteiger partial charge is 0.382 e. The van der Waals surface area contributed by atoms with Crippen LogP contribution in [0.15, 0.2) is 30.3 Å². The standard InChI is InChI=1S/C22H31N5O/c1-5-10-19-25-20-21(15(2)16(3)24-22(20)23)27(19)13-9-14-28-26-17(4)18-11-7-6-8-12-18/h6-8,11-12,17,26H,5,9-10,13-14H2,1-4H3,(H2,23,24). The number of rotatable bonds is 9. The number of anilines is 1. The number of nitrogen functional groups attached to an aromatic ring is 1. The highest BCUT2D eigenvalue weighted by molar-refractivity contribution is 5.88. The lowest BCUT2D eigenvalue weighted by Gasteiger charge is -2.15. The molecule has 1 atom stereocenters. The quantitative estimate of drug-likeness (QED) is 0.428. The van der Waals surface area contributed by atoms with E-state index in [-0.39, 0.29) is 6.04 Å². The molecule has 2 aromatic heterocycles. The molecule has 6 heteroatoms. The topological polar surface area (TPSA) is 78.0 Å². The second-order valence-electron chi connectivity index (χ2n) is 7.29.